The van der Waals surface area contributed by atoms with Gasteiger partial charge < -0.3 is 15.5 Å². The number of rotatable bonds is 7. The molecule has 1 unspecified atom stereocenters. The zero-order valence-electron chi connectivity index (χ0n) is 15.4. The van der Waals surface area contributed by atoms with Crippen molar-refractivity contribution in [3.63, 3.8) is 0 Å². The fourth-order valence-corrected chi connectivity index (χ4v) is 2.77. The maximum absolute atomic E-state index is 12.3. The molecule has 0 aromatic rings. The Kier molecular flexibility index (Phi) is 8.81. The van der Waals surface area contributed by atoms with E-state index in [2.05, 4.69) is 49.6 Å². The number of nitrogens with one attached hydrogen (secondary N) is 2. The van der Waals surface area contributed by atoms with Gasteiger partial charge in [-0.25, -0.2) is 0 Å². The van der Waals surface area contributed by atoms with Gasteiger partial charge >= 0.3 is 0 Å². The van der Waals surface area contributed by atoms with E-state index in [9.17, 15) is 4.79 Å². The predicted molar refractivity (Wildman–Crippen MR) is 101 cm³/mol. The van der Waals surface area contributed by atoms with Crippen LogP contribution in [0.1, 0.15) is 53.4 Å². The number of hydrogen-bond donors (Lipinski definition) is 2. The molecule has 1 aliphatic heterocycles. The number of amides is 1. The highest BCUT2D eigenvalue weighted by Gasteiger charge is 2.22. The van der Waals surface area contributed by atoms with Crippen molar-refractivity contribution in [1.29, 1.82) is 0 Å². The number of hydrogen-bond acceptors (Lipinski definition) is 3. The van der Waals surface area contributed by atoms with Crippen molar-refractivity contribution in [2.45, 2.75) is 64.2 Å². The molecular weight excluding hydrogens is 308 g/mol. The Morgan fingerprint density at radius 3 is 2.70 bits per heavy atom. The monoisotopic (exact) mass is 342 g/mol. The Morgan fingerprint density at radius 1 is 1.35 bits per heavy atom. The second-order valence-corrected chi connectivity index (χ2v) is 8.28. The lowest BCUT2D eigenvalue weighted by Gasteiger charge is -2.33. The highest BCUT2D eigenvalue weighted by Crippen LogP contribution is 2.21. The van der Waals surface area contributed by atoms with E-state index in [1.54, 1.807) is 0 Å². The van der Waals surface area contributed by atoms with E-state index in [1.807, 2.05) is 16.7 Å². The van der Waals surface area contributed by atoms with E-state index in [4.69, 9.17) is 0 Å². The number of thioether (sulfide) groups is 1. The van der Waals surface area contributed by atoms with Gasteiger partial charge in [-0.3, -0.25) is 9.79 Å². The first-order valence-corrected chi connectivity index (χ1v) is 9.99. The van der Waals surface area contributed by atoms with Crippen LogP contribution in [0.15, 0.2) is 4.99 Å². The van der Waals surface area contributed by atoms with Crippen molar-refractivity contribution < 1.29 is 4.79 Å². The van der Waals surface area contributed by atoms with Crippen LogP contribution < -0.4 is 10.6 Å². The van der Waals surface area contributed by atoms with Crippen LogP contribution >= 0.6 is 11.8 Å². The van der Waals surface area contributed by atoms with Crippen LogP contribution in [0, 0.1) is 0 Å². The molecule has 0 aromatic carbocycles. The molecule has 6 heteroatoms. The van der Waals surface area contributed by atoms with Crippen LogP contribution in [0.3, 0.4) is 0 Å². The van der Waals surface area contributed by atoms with Crippen molar-refractivity contribution in [1.82, 2.24) is 15.5 Å². The molecule has 23 heavy (non-hydrogen) atoms. The van der Waals surface area contributed by atoms with Crippen LogP contribution in [0.5, 0.6) is 0 Å². The summed E-state index contributed by atoms with van der Waals surface area (Å²) in [6.45, 7) is 11.7. The first-order valence-electron chi connectivity index (χ1n) is 8.76. The van der Waals surface area contributed by atoms with E-state index in [0.717, 1.165) is 38.4 Å². The molecule has 134 valence electrons. The van der Waals surface area contributed by atoms with Gasteiger partial charge in [0.25, 0.3) is 0 Å². The van der Waals surface area contributed by atoms with E-state index in [1.165, 1.54) is 6.42 Å². The summed E-state index contributed by atoms with van der Waals surface area (Å²) in [7, 11) is 0. The molecule has 0 aromatic heterocycles. The fourth-order valence-electron chi connectivity index (χ4n) is 2.58. The molecule has 1 saturated heterocycles. The fraction of sp³-hybridized carbons (Fsp3) is 0.882. The Bertz CT molecular complexity index is 398. The van der Waals surface area contributed by atoms with Gasteiger partial charge in [0, 0.05) is 36.8 Å². The van der Waals surface area contributed by atoms with Gasteiger partial charge in [0.2, 0.25) is 5.91 Å². The van der Waals surface area contributed by atoms with Crippen molar-refractivity contribution in [3.05, 3.63) is 0 Å². The van der Waals surface area contributed by atoms with Gasteiger partial charge in [0.05, 0.1) is 6.54 Å². The van der Waals surface area contributed by atoms with Crippen LogP contribution in [0.25, 0.3) is 0 Å². The van der Waals surface area contributed by atoms with Gasteiger partial charge in [0.15, 0.2) is 5.96 Å². The van der Waals surface area contributed by atoms with Gasteiger partial charge in [-0.1, -0.05) is 0 Å². The number of nitrogens with zero attached hydrogens (tertiary/aromatic N) is 2. The third-order valence-electron chi connectivity index (χ3n) is 4.27. The quantitative estimate of drug-likeness (QED) is 0.551. The zero-order valence-corrected chi connectivity index (χ0v) is 16.3. The summed E-state index contributed by atoms with van der Waals surface area (Å²) in [6.07, 6.45) is 6.14. The molecule has 2 N–H and O–H groups in total. The number of piperidine rings is 1. The van der Waals surface area contributed by atoms with Crippen LogP contribution in [0.4, 0.5) is 0 Å². The summed E-state index contributed by atoms with van der Waals surface area (Å²) in [5.41, 5.74) is 0. The molecule has 0 spiro atoms. The summed E-state index contributed by atoms with van der Waals surface area (Å²) in [5.74, 6) is 1.05. The molecule has 0 radical (unpaired) electrons. The maximum atomic E-state index is 12.3. The molecule has 1 aliphatic rings. The lowest BCUT2D eigenvalue weighted by atomic mass is 10.0. The maximum Gasteiger partial charge on any atom is 0.224 e. The van der Waals surface area contributed by atoms with E-state index in [0.29, 0.717) is 19.0 Å². The lowest BCUT2D eigenvalue weighted by molar-refractivity contribution is -0.134. The predicted octanol–water partition coefficient (Wildman–Crippen LogP) is 2.47. The minimum absolute atomic E-state index is 0.126. The molecule has 1 atom stereocenters. The lowest BCUT2D eigenvalue weighted by Crippen LogP contribution is -2.44. The topological polar surface area (TPSA) is 56.7 Å². The van der Waals surface area contributed by atoms with Gasteiger partial charge in [-0.2, -0.15) is 11.8 Å². The normalized spacial score (nSPS) is 19.6. The van der Waals surface area contributed by atoms with Crippen molar-refractivity contribution in [2.75, 3.05) is 32.4 Å². The molecular formula is C17H34N4OS. The average Bonchev–Trinajstić information content (AvgIpc) is 2.53. The van der Waals surface area contributed by atoms with E-state index in [-0.39, 0.29) is 10.7 Å². The van der Waals surface area contributed by atoms with Crippen molar-refractivity contribution in [3.8, 4) is 0 Å². The number of guanidine groups is 1. The Balaban J connectivity index is 2.42. The highest BCUT2D eigenvalue weighted by molar-refractivity contribution is 7.99. The first-order chi connectivity index (χ1) is 10.9. The SMILES string of the molecule is CCNC(=NCC(C)(C)SC)NCCC(=O)N1CCCCC1C. The van der Waals surface area contributed by atoms with Crippen LogP contribution in [0.2, 0.25) is 0 Å². The van der Waals surface area contributed by atoms with E-state index >= 15 is 0 Å². The molecule has 1 rings (SSSR count). The third kappa shape index (κ3) is 7.46. The average molecular weight is 343 g/mol. The van der Waals surface area contributed by atoms with Gasteiger partial charge in [0.1, 0.15) is 0 Å². The molecule has 1 fully saturated rings. The number of likely N-dealkylation sites (tertiary alicyclic amines) is 1. The molecule has 0 bridgehead atoms. The third-order valence-corrected chi connectivity index (χ3v) is 5.50. The summed E-state index contributed by atoms with van der Waals surface area (Å²) in [4.78, 5) is 19.0. The summed E-state index contributed by atoms with van der Waals surface area (Å²) in [6, 6.07) is 0.389. The van der Waals surface area contributed by atoms with Crippen molar-refractivity contribution >= 4 is 23.6 Å². The van der Waals surface area contributed by atoms with Crippen molar-refractivity contribution in [2.24, 2.45) is 4.99 Å². The Labute approximate surface area is 146 Å². The minimum atomic E-state index is 0.126. The first kappa shape index (κ1) is 20.1. The largest absolute Gasteiger partial charge is 0.357 e. The van der Waals surface area contributed by atoms with Crippen LogP contribution in [-0.4, -0.2) is 60.0 Å². The molecule has 5 nitrogen and oxygen atoms in total. The number of carbonyl (C=O) groups is 1. The standard InChI is InChI=1S/C17H34N4OS/c1-6-18-16(20-13-17(3,4)23-5)19-11-10-15(22)21-12-8-7-9-14(21)2/h14H,6-13H2,1-5H3,(H2,18,19,20). The molecule has 0 aliphatic carbocycles. The second kappa shape index (κ2) is 10.1. The van der Waals surface area contributed by atoms with E-state index < -0.39 is 0 Å². The number of aliphatic imine (C=N–C) groups is 1. The molecule has 1 heterocycles. The smallest absolute Gasteiger partial charge is 0.224 e. The second-order valence-electron chi connectivity index (χ2n) is 6.77. The minimum Gasteiger partial charge on any atom is -0.357 e. The van der Waals surface area contributed by atoms with Crippen LogP contribution in [-0.2, 0) is 4.79 Å². The number of carbonyl (C=O) groups excluding carboxylic acids is 1. The van der Waals surface area contributed by atoms with Gasteiger partial charge in [-0.15, -0.1) is 0 Å². The summed E-state index contributed by atoms with van der Waals surface area (Å²) in [5, 5.41) is 6.53. The highest BCUT2D eigenvalue weighted by atomic mass is 32.2. The summed E-state index contributed by atoms with van der Waals surface area (Å²) >= 11 is 1.81. The Hall–Kier alpha value is -0.910. The summed E-state index contributed by atoms with van der Waals surface area (Å²) < 4.78 is 0.126. The molecule has 1 amide bonds. The zero-order chi connectivity index (χ0) is 17.3. The van der Waals surface area contributed by atoms with Gasteiger partial charge in [-0.05, 0) is 53.2 Å². The Morgan fingerprint density at radius 2 is 2.09 bits per heavy atom. The molecule has 0 saturated carbocycles.